The number of nitrogens with two attached hydrogens (primary N) is 1. The molecule has 1 aliphatic heterocycles. The largest absolute Gasteiger partial charge is 0.468 e. The first-order valence-electron chi connectivity index (χ1n) is 6.69. The van der Waals surface area contributed by atoms with E-state index in [0.717, 1.165) is 12.3 Å². The van der Waals surface area contributed by atoms with Gasteiger partial charge in [0.15, 0.2) is 0 Å². The van der Waals surface area contributed by atoms with Crippen LogP contribution >= 0.6 is 0 Å². The highest BCUT2D eigenvalue weighted by Gasteiger charge is 2.40. The molecule has 0 saturated carbocycles. The van der Waals surface area contributed by atoms with Crippen LogP contribution in [-0.4, -0.2) is 43.5 Å². The van der Waals surface area contributed by atoms with Gasteiger partial charge in [0, 0.05) is 12.1 Å². The van der Waals surface area contributed by atoms with Crippen molar-refractivity contribution in [3.8, 4) is 0 Å². The molecule has 0 unspecified atom stereocenters. The van der Waals surface area contributed by atoms with Crippen LogP contribution in [0.2, 0.25) is 0 Å². The van der Waals surface area contributed by atoms with Crippen LogP contribution in [0.1, 0.15) is 25.5 Å². The fraction of sp³-hybridized carbons (Fsp3) is 0.692. The summed E-state index contributed by atoms with van der Waals surface area (Å²) in [6.07, 6.45) is 2.88. The van der Waals surface area contributed by atoms with E-state index in [1.165, 1.54) is 0 Å². The average molecular weight is 286 g/mol. The fourth-order valence-electron chi connectivity index (χ4n) is 2.77. The first-order valence-corrected chi connectivity index (χ1v) is 8.51. The van der Waals surface area contributed by atoms with Gasteiger partial charge in [0.2, 0.25) is 0 Å². The summed E-state index contributed by atoms with van der Waals surface area (Å²) in [4.78, 5) is 2.25. The third-order valence-electron chi connectivity index (χ3n) is 4.12. The minimum atomic E-state index is -2.87. The number of sulfone groups is 1. The predicted octanol–water partition coefficient (Wildman–Crippen LogP) is 1.01. The van der Waals surface area contributed by atoms with Crippen molar-refractivity contribution in [3.05, 3.63) is 24.2 Å². The van der Waals surface area contributed by atoms with Gasteiger partial charge in [0.05, 0.1) is 24.3 Å². The van der Waals surface area contributed by atoms with E-state index >= 15 is 0 Å². The number of hydrogen-bond donors (Lipinski definition) is 1. The smallest absolute Gasteiger partial charge is 0.150 e. The molecule has 0 aromatic carbocycles. The second-order valence-corrected chi connectivity index (χ2v) is 7.48. The highest BCUT2D eigenvalue weighted by molar-refractivity contribution is 7.91. The van der Waals surface area contributed by atoms with Gasteiger partial charge in [-0.2, -0.15) is 0 Å². The van der Waals surface area contributed by atoms with Gasteiger partial charge in [-0.3, -0.25) is 4.90 Å². The van der Waals surface area contributed by atoms with E-state index < -0.39 is 9.84 Å². The van der Waals surface area contributed by atoms with Crippen LogP contribution in [0.4, 0.5) is 0 Å². The van der Waals surface area contributed by atoms with Gasteiger partial charge in [-0.1, -0.05) is 6.92 Å². The van der Waals surface area contributed by atoms with Crippen molar-refractivity contribution >= 4 is 9.84 Å². The average Bonchev–Trinajstić information content (AvgIpc) is 2.90. The van der Waals surface area contributed by atoms with Gasteiger partial charge in [-0.15, -0.1) is 0 Å². The van der Waals surface area contributed by atoms with E-state index in [1.807, 2.05) is 12.1 Å². The third-order valence-corrected chi connectivity index (χ3v) is 5.77. The Hall–Kier alpha value is -0.850. The maximum absolute atomic E-state index is 11.6. The molecule has 108 valence electrons. The Morgan fingerprint density at radius 2 is 2.11 bits per heavy atom. The van der Waals surface area contributed by atoms with E-state index in [4.69, 9.17) is 10.2 Å². The lowest BCUT2D eigenvalue weighted by atomic mass is 9.90. The lowest BCUT2D eigenvalue weighted by Crippen LogP contribution is -2.57. The molecule has 0 spiro atoms. The maximum Gasteiger partial charge on any atom is 0.150 e. The molecule has 2 rings (SSSR count). The Balaban J connectivity index is 2.14. The number of nitrogens with zero attached hydrogens (tertiary/aromatic N) is 1. The molecular weight excluding hydrogens is 264 g/mol. The molecule has 0 atom stereocenters. The van der Waals surface area contributed by atoms with Crippen LogP contribution in [0, 0.1) is 0 Å². The van der Waals surface area contributed by atoms with Crippen LogP contribution in [0.3, 0.4) is 0 Å². The van der Waals surface area contributed by atoms with Crippen LogP contribution in [0.15, 0.2) is 22.8 Å². The van der Waals surface area contributed by atoms with Gasteiger partial charge in [-0.05, 0) is 31.5 Å². The highest BCUT2D eigenvalue weighted by atomic mass is 32.2. The van der Waals surface area contributed by atoms with Crippen molar-refractivity contribution in [2.75, 3.05) is 24.6 Å². The summed E-state index contributed by atoms with van der Waals surface area (Å²) in [5.74, 6) is 1.36. The molecule has 0 amide bonds. The molecule has 0 bridgehead atoms. The molecule has 1 saturated heterocycles. The summed E-state index contributed by atoms with van der Waals surface area (Å²) >= 11 is 0. The second kappa shape index (κ2) is 5.64. The van der Waals surface area contributed by atoms with Gasteiger partial charge in [0.1, 0.15) is 15.6 Å². The molecule has 5 nitrogen and oxygen atoms in total. The first-order chi connectivity index (χ1) is 9.01. The second-order valence-electron chi connectivity index (χ2n) is 5.17. The van der Waals surface area contributed by atoms with E-state index in [-0.39, 0.29) is 17.0 Å². The Morgan fingerprint density at radius 3 is 2.58 bits per heavy atom. The predicted molar refractivity (Wildman–Crippen MR) is 74.5 cm³/mol. The number of furan rings is 1. The summed E-state index contributed by atoms with van der Waals surface area (Å²) in [7, 11) is -2.87. The Morgan fingerprint density at radius 1 is 1.42 bits per heavy atom. The Bertz CT molecular complexity index is 482. The molecule has 2 heterocycles. The standard InChI is InChI=1S/C13H22N2O3S/c1-2-15(10-12-4-3-7-18-12)13(11-14)5-8-19(16,17)9-6-13/h3-4,7H,2,5-6,8-11,14H2,1H3. The highest BCUT2D eigenvalue weighted by Crippen LogP contribution is 2.30. The molecule has 1 aromatic heterocycles. The summed E-state index contributed by atoms with van der Waals surface area (Å²) in [6, 6.07) is 3.80. The van der Waals surface area contributed by atoms with E-state index in [2.05, 4.69) is 11.8 Å². The Kier molecular flexibility index (Phi) is 4.32. The van der Waals surface area contributed by atoms with Crippen molar-refractivity contribution in [1.29, 1.82) is 0 Å². The molecule has 2 N–H and O–H groups in total. The SMILES string of the molecule is CCN(Cc1ccco1)C1(CN)CCS(=O)(=O)CC1. The number of rotatable bonds is 5. The van der Waals surface area contributed by atoms with E-state index in [1.54, 1.807) is 6.26 Å². The molecule has 1 aliphatic rings. The van der Waals surface area contributed by atoms with Gasteiger partial charge in [0.25, 0.3) is 0 Å². The minimum Gasteiger partial charge on any atom is -0.468 e. The quantitative estimate of drug-likeness (QED) is 0.874. The van der Waals surface area contributed by atoms with Crippen molar-refractivity contribution in [3.63, 3.8) is 0 Å². The van der Waals surface area contributed by atoms with Crippen molar-refractivity contribution in [1.82, 2.24) is 4.90 Å². The zero-order valence-corrected chi connectivity index (χ0v) is 12.2. The summed E-state index contributed by atoms with van der Waals surface area (Å²) < 4.78 is 28.6. The summed E-state index contributed by atoms with van der Waals surface area (Å²) in [5, 5.41) is 0. The molecule has 19 heavy (non-hydrogen) atoms. The molecular formula is C13H22N2O3S. The molecule has 1 aromatic rings. The number of likely N-dealkylation sites (N-methyl/N-ethyl adjacent to an activating group) is 1. The van der Waals surface area contributed by atoms with Crippen molar-refractivity contribution < 1.29 is 12.8 Å². The van der Waals surface area contributed by atoms with Gasteiger partial charge >= 0.3 is 0 Å². The monoisotopic (exact) mass is 286 g/mol. The fourth-order valence-corrected chi connectivity index (χ4v) is 4.36. The van der Waals surface area contributed by atoms with Crippen LogP contribution in [0.25, 0.3) is 0 Å². The molecule has 0 aliphatic carbocycles. The maximum atomic E-state index is 11.6. The Labute approximate surface area is 114 Å². The van der Waals surface area contributed by atoms with Crippen molar-refractivity contribution in [2.24, 2.45) is 5.73 Å². The molecule has 1 fully saturated rings. The zero-order chi connectivity index (χ0) is 13.9. The molecule has 0 radical (unpaired) electrons. The first kappa shape index (κ1) is 14.6. The van der Waals surface area contributed by atoms with Crippen LogP contribution in [0.5, 0.6) is 0 Å². The van der Waals surface area contributed by atoms with Crippen molar-refractivity contribution in [2.45, 2.75) is 31.8 Å². The number of hydrogen-bond acceptors (Lipinski definition) is 5. The van der Waals surface area contributed by atoms with Gasteiger partial charge < -0.3 is 10.2 Å². The van der Waals surface area contributed by atoms with E-state index in [0.29, 0.717) is 25.9 Å². The van der Waals surface area contributed by atoms with Crippen LogP contribution in [-0.2, 0) is 16.4 Å². The van der Waals surface area contributed by atoms with E-state index in [9.17, 15) is 8.42 Å². The lowest BCUT2D eigenvalue weighted by molar-refractivity contribution is 0.0736. The minimum absolute atomic E-state index is 0.215. The lowest BCUT2D eigenvalue weighted by Gasteiger charge is -2.45. The van der Waals surface area contributed by atoms with Crippen LogP contribution < -0.4 is 5.73 Å². The third kappa shape index (κ3) is 3.19. The topological polar surface area (TPSA) is 76.5 Å². The zero-order valence-electron chi connectivity index (χ0n) is 11.3. The summed E-state index contributed by atoms with van der Waals surface area (Å²) in [6.45, 7) is 4.07. The normalized spacial score (nSPS) is 21.6. The summed E-state index contributed by atoms with van der Waals surface area (Å²) in [5.41, 5.74) is 5.75. The molecule has 6 heteroatoms. The van der Waals surface area contributed by atoms with Gasteiger partial charge in [-0.25, -0.2) is 8.42 Å².